The number of nitrogens with zero attached hydrogens (tertiary/aromatic N) is 1. The van der Waals surface area contributed by atoms with Crippen LogP contribution in [-0.2, 0) is 4.79 Å². The molecule has 0 unspecified atom stereocenters. The van der Waals surface area contributed by atoms with Crippen molar-refractivity contribution < 1.29 is 19.1 Å². The van der Waals surface area contributed by atoms with Crippen molar-refractivity contribution >= 4 is 16.9 Å². The van der Waals surface area contributed by atoms with Crippen LogP contribution in [0.2, 0.25) is 0 Å². The van der Waals surface area contributed by atoms with Gasteiger partial charge in [0.15, 0.2) is 0 Å². The minimum atomic E-state index is -1.22. The molecule has 1 aromatic heterocycles. The minimum Gasteiger partial charge on any atom is -0.548 e. The van der Waals surface area contributed by atoms with Gasteiger partial charge in [-0.25, -0.2) is 0 Å². The first-order valence-electron chi connectivity index (χ1n) is 7.05. The summed E-state index contributed by atoms with van der Waals surface area (Å²) in [6.07, 6.45) is 0. The molecule has 0 N–H and O–H groups in total. The number of methoxy groups -OCH3 is 1. The van der Waals surface area contributed by atoms with E-state index in [1.807, 2.05) is 48.5 Å². The zero-order valence-electron chi connectivity index (χ0n) is 12.5. The molecule has 0 amide bonds. The van der Waals surface area contributed by atoms with Gasteiger partial charge in [-0.15, -0.1) is 0 Å². The standard InChI is InChI=1S/C18H15NO4/c1-22-13-8-6-12(7-9-13)17-10-15(19-11-18(20)21)14-4-2-3-5-16(14)23-17/h2-10H,11H2,1H3,(H,20,21)/p-1. The molecule has 5 nitrogen and oxygen atoms in total. The molecule has 3 rings (SSSR count). The maximum atomic E-state index is 10.7. The predicted octanol–water partition coefficient (Wildman–Crippen LogP) is 1.76. The van der Waals surface area contributed by atoms with Gasteiger partial charge in [0.1, 0.15) is 17.1 Å². The molecule has 2 aromatic carbocycles. The third kappa shape index (κ3) is 3.23. The second kappa shape index (κ2) is 6.36. The summed E-state index contributed by atoms with van der Waals surface area (Å²) in [6.45, 7) is -0.393. The molecular formula is C18H14NO4-. The Labute approximate surface area is 132 Å². The molecular weight excluding hydrogens is 294 g/mol. The van der Waals surface area contributed by atoms with Crippen molar-refractivity contribution in [3.8, 4) is 17.1 Å². The fraction of sp³-hybridized carbons (Fsp3) is 0.111. The fourth-order valence-corrected chi connectivity index (χ4v) is 2.30. The van der Waals surface area contributed by atoms with Crippen molar-refractivity contribution in [2.45, 2.75) is 0 Å². The first-order valence-corrected chi connectivity index (χ1v) is 7.05. The molecule has 3 aromatic rings. The Balaban J connectivity index is 2.17. The lowest BCUT2D eigenvalue weighted by molar-refractivity contribution is -0.303. The molecule has 0 bridgehead atoms. The van der Waals surface area contributed by atoms with E-state index in [0.29, 0.717) is 16.7 Å². The van der Waals surface area contributed by atoms with E-state index in [9.17, 15) is 9.90 Å². The maximum absolute atomic E-state index is 10.7. The highest BCUT2D eigenvalue weighted by atomic mass is 16.5. The number of ether oxygens (including phenoxy) is 1. The fourth-order valence-electron chi connectivity index (χ4n) is 2.30. The van der Waals surface area contributed by atoms with E-state index in [1.54, 1.807) is 13.2 Å². The van der Waals surface area contributed by atoms with Crippen LogP contribution in [0, 0.1) is 0 Å². The van der Waals surface area contributed by atoms with Gasteiger partial charge in [-0.05, 0) is 36.4 Å². The number of para-hydroxylation sites is 1. The van der Waals surface area contributed by atoms with E-state index >= 15 is 0 Å². The van der Waals surface area contributed by atoms with Crippen LogP contribution in [0.3, 0.4) is 0 Å². The smallest absolute Gasteiger partial charge is 0.136 e. The predicted molar refractivity (Wildman–Crippen MR) is 83.6 cm³/mol. The van der Waals surface area contributed by atoms with Gasteiger partial charge in [-0.3, -0.25) is 4.99 Å². The third-order valence-electron chi connectivity index (χ3n) is 3.40. The van der Waals surface area contributed by atoms with Gasteiger partial charge in [-0.1, -0.05) is 12.1 Å². The molecule has 0 saturated heterocycles. The summed E-state index contributed by atoms with van der Waals surface area (Å²) in [7, 11) is 1.60. The van der Waals surface area contributed by atoms with Gasteiger partial charge in [-0.2, -0.15) is 0 Å². The number of hydrogen-bond donors (Lipinski definition) is 0. The number of carboxylic acids is 1. The van der Waals surface area contributed by atoms with Crippen molar-refractivity contribution in [3.63, 3.8) is 0 Å². The summed E-state index contributed by atoms with van der Waals surface area (Å²) in [5, 5.41) is 12.0. The number of rotatable bonds is 4. The number of benzene rings is 2. The summed E-state index contributed by atoms with van der Waals surface area (Å²) in [5.74, 6) is 0.126. The molecule has 23 heavy (non-hydrogen) atoms. The van der Waals surface area contributed by atoms with Crippen molar-refractivity contribution in [2.24, 2.45) is 4.99 Å². The second-order valence-electron chi connectivity index (χ2n) is 4.91. The van der Waals surface area contributed by atoms with Gasteiger partial charge in [0.05, 0.1) is 25.0 Å². The summed E-state index contributed by atoms with van der Waals surface area (Å²) >= 11 is 0. The van der Waals surface area contributed by atoms with Crippen LogP contribution < -0.4 is 15.2 Å². The van der Waals surface area contributed by atoms with Gasteiger partial charge in [0.2, 0.25) is 0 Å². The van der Waals surface area contributed by atoms with Crippen LogP contribution >= 0.6 is 0 Å². The number of carbonyl (C=O) groups excluding carboxylic acids is 1. The molecule has 0 spiro atoms. The number of fused-ring (bicyclic) bond motifs is 1. The lowest BCUT2D eigenvalue weighted by Gasteiger charge is -2.06. The van der Waals surface area contributed by atoms with Crippen LogP contribution in [-0.4, -0.2) is 19.6 Å². The molecule has 0 aliphatic carbocycles. The van der Waals surface area contributed by atoms with Crippen molar-refractivity contribution in [1.82, 2.24) is 0 Å². The lowest BCUT2D eigenvalue weighted by Crippen LogP contribution is -2.26. The van der Waals surface area contributed by atoms with Crippen molar-refractivity contribution in [2.75, 3.05) is 13.7 Å². The quantitative estimate of drug-likeness (QED) is 0.736. The summed E-state index contributed by atoms with van der Waals surface area (Å²) < 4.78 is 11.0. The number of carboxylic acid groups (broad SMARTS) is 1. The summed E-state index contributed by atoms with van der Waals surface area (Å²) in [4.78, 5) is 14.8. The van der Waals surface area contributed by atoms with Gasteiger partial charge < -0.3 is 19.1 Å². The molecule has 1 heterocycles. The third-order valence-corrected chi connectivity index (χ3v) is 3.40. The number of carbonyl (C=O) groups is 1. The summed E-state index contributed by atoms with van der Waals surface area (Å²) in [6, 6.07) is 16.5. The summed E-state index contributed by atoms with van der Waals surface area (Å²) in [5.41, 5.74) is 1.49. The molecule has 0 saturated carbocycles. The molecule has 116 valence electrons. The highest BCUT2D eigenvalue weighted by Crippen LogP contribution is 2.24. The van der Waals surface area contributed by atoms with E-state index in [2.05, 4.69) is 4.99 Å². The highest BCUT2D eigenvalue weighted by Gasteiger charge is 2.06. The van der Waals surface area contributed by atoms with Gasteiger partial charge in [0, 0.05) is 17.0 Å². The molecule has 0 fully saturated rings. The highest BCUT2D eigenvalue weighted by molar-refractivity contribution is 5.78. The molecule has 5 heteroatoms. The van der Waals surface area contributed by atoms with Crippen LogP contribution in [0.25, 0.3) is 22.3 Å². The van der Waals surface area contributed by atoms with Gasteiger partial charge >= 0.3 is 0 Å². The van der Waals surface area contributed by atoms with Crippen LogP contribution in [0.5, 0.6) is 5.75 Å². The lowest BCUT2D eigenvalue weighted by atomic mass is 10.1. The van der Waals surface area contributed by atoms with E-state index in [-0.39, 0.29) is 0 Å². The Bertz CT molecular complexity index is 910. The van der Waals surface area contributed by atoms with Gasteiger partial charge in [0.25, 0.3) is 0 Å². The van der Waals surface area contributed by atoms with Crippen LogP contribution in [0.4, 0.5) is 0 Å². The topological polar surface area (TPSA) is 74.9 Å². The van der Waals surface area contributed by atoms with E-state index < -0.39 is 12.5 Å². The van der Waals surface area contributed by atoms with E-state index in [4.69, 9.17) is 9.15 Å². The molecule has 0 radical (unpaired) electrons. The van der Waals surface area contributed by atoms with Crippen molar-refractivity contribution in [3.05, 3.63) is 60.0 Å². The average Bonchev–Trinajstić information content (AvgIpc) is 2.59. The Morgan fingerprint density at radius 1 is 1.17 bits per heavy atom. The maximum Gasteiger partial charge on any atom is 0.136 e. The molecule has 0 aliphatic heterocycles. The normalized spacial score (nSPS) is 11.6. The van der Waals surface area contributed by atoms with Crippen LogP contribution in [0.1, 0.15) is 0 Å². The SMILES string of the molecule is COc1ccc(-c2cc(=NCC(=O)[O-])c3ccccc3o2)cc1. The molecule has 0 aliphatic rings. The first-order chi connectivity index (χ1) is 11.2. The van der Waals surface area contributed by atoms with Crippen molar-refractivity contribution in [1.29, 1.82) is 0 Å². The first kappa shape index (κ1) is 14.8. The number of aliphatic carboxylic acids is 1. The molecule has 0 atom stereocenters. The van der Waals surface area contributed by atoms with E-state index in [0.717, 1.165) is 16.7 Å². The monoisotopic (exact) mass is 308 g/mol. The second-order valence-corrected chi connectivity index (χ2v) is 4.91. The zero-order chi connectivity index (χ0) is 16.2. The Kier molecular flexibility index (Phi) is 4.10. The minimum absolute atomic E-state index is 0.393. The number of hydrogen-bond acceptors (Lipinski definition) is 5. The Hall–Kier alpha value is -3.08. The Morgan fingerprint density at radius 3 is 2.61 bits per heavy atom. The van der Waals surface area contributed by atoms with E-state index in [1.165, 1.54) is 0 Å². The Morgan fingerprint density at radius 2 is 1.91 bits per heavy atom. The largest absolute Gasteiger partial charge is 0.548 e. The van der Waals surface area contributed by atoms with Crippen LogP contribution in [0.15, 0.2) is 64.0 Å². The zero-order valence-corrected chi connectivity index (χ0v) is 12.5. The average molecular weight is 308 g/mol.